The molecule has 0 aliphatic rings. The Hall–Kier alpha value is -0.890. The molecule has 0 heterocycles. The van der Waals surface area contributed by atoms with Gasteiger partial charge in [0.25, 0.3) is 6.67 Å². The predicted octanol–water partition coefficient (Wildman–Crippen LogP) is 1.36. The molecule has 0 aliphatic heterocycles. The molecule has 0 spiro atoms. The van der Waals surface area contributed by atoms with Crippen LogP contribution in [0.3, 0.4) is 0 Å². The van der Waals surface area contributed by atoms with E-state index in [4.69, 9.17) is 4.74 Å². The number of alkyl halides is 1. The van der Waals surface area contributed by atoms with Gasteiger partial charge >= 0.3 is 6.09 Å². The van der Waals surface area contributed by atoms with Gasteiger partial charge in [-0.25, -0.2) is 10.1 Å². The Kier molecular flexibility index (Phi) is 5.66. The van der Waals surface area contributed by atoms with Crippen LogP contribution in [0.4, 0.5) is 4.79 Å². The van der Waals surface area contributed by atoms with Gasteiger partial charge in [0.1, 0.15) is 10.7 Å². The molecule has 1 unspecified atom stereocenters. The third-order valence-electron chi connectivity index (χ3n) is 1.41. The molecule has 0 aromatic carbocycles. The van der Waals surface area contributed by atoms with Crippen molar-refractivity contribution in [3.63, 3.8) is 0 Å². The number of nitrogens with one attached hydrogen (secondary N) is 1. The number of carbonyl (C=O) groups is 1. The van der Waals surface area contributed by atoms with E-state index in [2.05, 4.69) is 21.2 Å². The Bertz CT molecular complexity index is 266. The van der Waals surface area contributed by atoms with E-state index in [0.717, 1.165) is 0 Å². The molecule has 1 atom stereocenters. The molecular formula is C8H16BrN3O4. The molecule has 0 aliphatic carbocycles. The van der Waals surface area contributed by atoms with Crippen molar-refractivity contribution in [1.29, 1.82) is 0 Å². The summed E-state index contributed by atoms with van der Waals surface area (Å²) < 4.78 is 5.07. The van der Waals surface area contributed by atoms with Crippen LogP contribution in [-0.2, 0) is 4.74 Å². The molecule has 0 saturated carbocycles. The van der Waals surface area contributed by atoms with Crippen molar-refractivity contribution < 1.29 is 14.5 Å². The molecule has 8 heteroatoms. The van der Waals surface area contributed by atoms with Crippen molar-refractivity contribution in [1.82, 2.24) is 10.2 Å². The maximum atomic E-state index is 11.5. The van der Waals surface area contributed by atoms with Gasteiger partial charge in [-0.05, 0) is 36.7 Å². The smallest absolute Gasteiger partial charge is 0.411 e. The number of hydrogen-bond acceptors (Lipinski definition) is 5. The first-order valence-electron chi connectivity index (χ1n) is 4.58. The van der Waals surface area contributed by atoms with E-state index >= 15 is 0 Å². The highest BCUT2D eigenvalue weighted by Crippen LogP contribution is 2.11. The highest BCUT2D eigenvalue weighted by Gasteiger charge is 2.24. The topological polar surface area (TPSA) is 84.7 Å². The molecule has 0 saturated heterocycles. The minimum atomic E-state index is -0.646. The molecule has 0 bridgehead atoms. The zero-order valence-corrected chi connectivity index (χ0v) is 11.3. The molecular weight excluding hydrogens is 282 g/mol. The number of halogens is 1. The second-order valence-electron chi connectivity index (χ2n) is 4.12. The fraction of sp³-hybridized carbons (Fsp3) is 0.875. The van der Waals surface area contributed by atoms with Crippen molar-refractivity contribution in [3.05, 3.63) is 10.1 Å². The third-order valence-corrected chi connectivity index (χ3v) is 2.35. The fourth-order valence-corrected chi connectivity index (χ4v) is 1.03. The lowest BCUT2D eigenvalue weighted by molar-refractivity contribution is -0.486. The molecule has 1 N–H and O–H groups in total. The number of ether oxygens (including phenoxy) is 1. The van der Waals surface area contributed by atoms with Crippen LogP contribution in [0, 0.1) is 10.1 Å². The Labute approximate surface area is 102 Å². The van der Waals surface area contributed by atoms with Crippen LogP contribution in [0.15, 0.2) is 0 Å². The number of hydrogen-bond donors (Lipinski definition) is 1. The van der Waals surface area contributed by atoms with Gasteiger partial charge in [-0.15, -0.1) is 0 Å². The van der Waals surface area contributed by atoms with Crippen LogP contribution in [-0.4, -0.2) is 40.3 Å². The first kappa shape index (κ1) is 15.1. The highest BCUT2D eigenvalue weighted by molar-refractivity contribution is 9.09. The molecule has 0 fully saturated rings. The summed E-state index contributed by atoms with van der Waals surface area (Å²) in [5, 5.41) is 12.0. The molecule has 16 heavy (non-hydrogen) atoms. The number of carbonyl (C=O) groups excluding carboxylic acids is 1. The monoisotopic (exact) mass is 297 g/mol. The molecule has 0 aromatic rings. The predicted molar refractivity (Wildman–Crippen MR) is 61.7 cm³/mol. The van der Waals surface area contributed by atoms with Crippen molar-refractivity contribution in [2.24, 2.45) is 0 Å². The Balaban J connectivity index is 4.16. The van der Waals surface area contributed by atoms with Gasteiger partial charge in [-0.2, -0.15) is 0 Å². The summed E-state index contributed by atoms with van der Waals surface area (Å²) in [6, 6.07) is 0. The van der Waals surface area contributed by atoms with Crippen molar-refractivity contribution in [2.75, 3.05) is 13.7 Å². The molecule has 0 rings (SSSR count). The molecule has 7 nitrogen and oxygen atoms in total. The number of amides is 1. The number of nitrogens with zero attached hydrogens (tertiary/aromatic N) is 2. The molecule has 0 radical (unpaired) electrons. The summed E-state index contributed by atoms with van der Waals surface area (Å²) >= 11 is 3.09. The van der Waals surface area contributed by atoms with E-state index < -0.39 is 28.4 Å². The van der Waals surface area contributed by atoms with Gasteiger partial charge in [0.05, 0.1) is 0 Å². The van der Waals surface area contributed by atoms with E-state index in [1.54, 1.807) is 20.8 Å². The van der Waals surface area contributed by atoms with Gasteiger partial charge in [-0.3, -0.25) is 15.0 Å². The number of nitro groups is 1. The van der Waals surface area contributed by atoms with Gasteiger partial charge in [0, 0.05) is 12.0 Å². The van der Waals surface area contributed by atoms with E-state index in [1.165, 1.54) is 11.9 Å². The zero-order valence-electron chi connectivity index (χ0n) is 9.69. The molecule has 94 valence electrons. The molecule has 1 amide bonds. The first-order valence-corrected chi connectivity index (χ1v) is 5.50. The minimum Gasteiger partial charge on any atom is -0.444 e. The SMILES string of the molecule is CN(C(=O)OC(C)(C)C)C(Br)NC[N+](=O)[O-]. The standard InChI is InChI=1S/C8H16BrN3O4/c1-8(2,3)16-7(13)11(4)6(9)10-5-12(14)15/h6,10H,5H2,1-4H3. The van der Waals surface area contributed by atoms with E-state index in [9.17, 15) is 14.9 Å². The Morgan fingerprint density at radius 1 is 1.62 bits per heavy atom. The molecule has 0 aromatic heterocycles. The second kappa shape index (κ2) is 6.00. The van der Waals surface area contributed by atoms with Crippen LogP contribution in [0.5, 0.6) is 0 Å². The van der Waals surface area contributed by atoms with Crippen LogP contribution in [0.1, 0.15) is 20.8 Å². The summed E-state index contributed by atoms with van der Waals surface area (Å²) in [5.74, 6) is 0. The van der Waals surface area contributed by atoms with Crippen LogP contribution < -0.4 is 5.32 Å². The van der Waals surface area contributed by atoms with Gasteiger partial charge in [-0.1, -0.05) is 0 Å². The lowest BCUT2D eigenvalue weighted by atomic mass is 10.2. The van der Waals surface area contributed by atoms with Crippen molar-refractivity contribution in [3.8, 4) is 0 Å². The maximum absolute atomic E-state index is 11.5. The van der Waals surface area contributed by atoms with Gasteiger partial charge in [0.15, 0.2) is 0 Å². The summed E-state index contributed by atoms with van der Waals surface area (Å²) in [5.41, 5.74) is -0.596. The summed E-state index contributed by atoms with van der Waals surface area (Å²) in [7, 11) is 1.47. The van der Waals surface area contributed by atoms with Crippen LogP contribution in [0.2, 0.25) is 0 Å². The highest BCUT2D eigenvalue weighted by atomic mass is 79.9. The first-order chi connectivity index (χ1) is 7.13. The third kappa shape index (κ3) is 6.57. The fourth-order valence-electron chi connectivity index (χ4n) is 0.713. The lowest BCUT2D eigenvalue weighted by Gasteiger charge is -2.27. The van der Waals surface area contributed by atoms with E-state index in [-0.39, 0.29) is 0 Å². The van der Waals surface area contributed by atoms with Gasteiger partial charge in [0.2, 0.25) is 0 Å². The number of rotatable bonds is 4. The van der Waals surface area contributed by atoms with E-state index in [1.807, 2.05) is 0 Å². The Morgan fingerprint density at radius 2 is 2.12 bits per heavy atom. The summed E-state index contributed by atoms with van der Waals surface area (Å²) in [4.78, 5) is 22.3. The van der Waals surface area contributed by atoms with Gasteiger partial charge < -0.3 is 4.74 Å². The average molecular weight is 298 g/mol. The minimum absolute atomic E-state index is 0.441. The average Bonchev–Trinajstić information content (AvgIpc) is 2.10. The van der Waals surface area contributed by atoms with Crippen LogP contribution >= 0.6 is 15.9 Å². The largest absolute Gasteiger partial charge is 0.444 e. The van der Waals surface area contributed by atoms with Crippen LogP contribution in [0.25, 0.3) is 0 Å². The maximum Gasteiger partial charge on any atom is 0.411 e. The summed E-state index contributed by atoms with van der Waals surface area (Å²) in [6.07, 6.45) is -0.565. The lowest BCUT2D eigenvalue weighted by Crippen LogP contribution is -2.46. The van der Waals surface area contributed by atoms with E-state index in [0.29, 0.717) is 0 Å². The Morgan fingerprint density at radius 3 is 2.50 bits per heavy atom. The zero-order chi connectivity index (χ0) is 12.9. The quantitative estimate of drug-likeness (QED) is 0.278. The second-order valence-corrected chi connectivity index (χ2v) is 4.99. The van der Waals surface area contributed by atoms with Crippen molar-refractivity contribution >= 4 is 22.0 Å². The van der Waals surface area contributed by atoms with Crippen molar-refractivity contribution in [2.45, 2.75) is 31.4 Å². The summed E-state index contributed by atoms with van der Waals surface area (Å²) in [6.45, 7) is 4.79. The normalized spacial score (nSPS) is 13.1.